The standard InChI is InChI=1S/2C11H21FN2O2/c2*1-11(2,3)16-10(15)14-9-5-4-7(13)6-8(9)12/h2*7-9H,4-6,13H2,1-3H3,(H,14,15)/t2*7-,8-,9-/m10/s1. The second kappa shape index (κ2) is 12.0. The number of amides is 2. The van der Waals surface area contributed by atoms with Gasteiger partial charge in [0.05, 0.1) is 12.1 Å². The highest BCUT2D eigenvalue weighted by molar-refractivity contribution is 5.68. The average molecular weight is 465 g/mol. The number of alkyl halides is 2. The van der Waals surface area contributed by atoms with Crippen LogP contribution in [0.25, 0.3) is 0 Å². The molecule has 10 heteroatoms. The fourth-order valence-electron chi connectivity index (χ4n) is 3.53. The number of carbonyl (C=O) groups is 2. The van der Waals surface area contributed by atoms with Crippen LogP contribution in [0.1, 0.15) is 80.1 Å². The molecule has 0 radical (unpaired) electrons. The zero-order chi connectivity index (χ0) is 24.7. The number of hydrogen-bond acceptors (Lipinski definition) is 6. The van der Waals surface area contributed by atoms with Gasteiger partial charge in [0.15, 0.2) is 0 Å². The van der Waals surface area contributed by atoms with Gasteiger partial charge in [0, 0.05) is 12.1 Å². The molecule has 6 atom stereocenters. The summed E-state index contributed by atoms with van der Waals surface area (Å²) in [7, 11) is 0. The predicted molar refractivity (Wildman–Crippen MR) is 120 cm³/mol. The lowest BCUT2D eigenvalue weighted by Crippen LogP contribution is -2.49. The number of nitrogens with one attached hydrogen (secondary N) is 2. The monoisotopic (exact) mass is 464 g/mol. The number of alkyl carbamates (subject to hydrolysis) is 2. The molecule has 0 unspecified atom stereocenters. The Balaban J connectivity index is 0.000000320. The van der Waals surface area contributed by atoms with E-state index in [2.05, 4.69) is 10.6 Å². The number of ether oxygens (including phenoxy) is 2. The maximum Gasteiger partial charge on any atom is 0.407 e. The molecule has 0 heterocycles. The van der Waals surface area contributed by atoms with E-state index >= 15 is 0 Å². The van der Waals surface area contributed by atoms with Gasteiger partial charge < -0.3 is 31.6 Å². The third kappa shape index (κ3) is 11.8. The Bertz CT molecular complexity index is 558. The number of nitrogens with two attached hydrogens (primary N) is 2. The maximum absolute atomic E-state index is 13.5. The number of rotatable bonds is 2. The molecular weight excluding hydrogens is 422 g/mol. The summed E-state index contributed by atoms with van der Waals surface area (Å²) in [6.45, 7) is 10.6. The van der Waals surface area contributed by atoms with Crippen molar-refractivity contribution in [2.75, 3.05) is 0 Å². The second-order valence-electron chi connectivity index (χ2n) is 10.7. The predicted octanol–water partition coefficient (Wildman–Crippen LogP) is 3.46. The van der Waals surface area contributed by atoms with Crippen LogP contribution in [0.5, 0.6) is 0 Å². The summed E-state index contributed by atoms with van der Waals surface area (Å²) < 4.78 is 37.2. The Morgan fingerprint density at radius 1 is 0.719 bits per heavy atom. The minimum absolute atomic E-state index is 0.0910. The number of carbonyl (C=O) groups excluding carboxylic acids is 2. The summed E-state index contributed by atoms with van der Waals surface area (Å²) in [5.41, 5.74) is 10.2. The molecule has 2 saturated carbocycles. The van der Waals surface area contributed by atoms with E-state index in [1.807, 2.05) is 0 Å². The Kier molecular flexibility index (Phi) is 10.6. The van der Waals surface area contributed by atoms with Crippen molar-refractivity contribution in [2.45, 2.75) is 128 Å². The Morgan fingerprint density at radius 3 is 1.28 bits per heavy atom. The SMILES string of the molecule is CC(C)(C)OC(=O)N[C@@H]1CC[C@@H](N)C[C@H]1F.CC(C)(C)OC(=O)N[C@H]1CC[C@H](N)C[C@@H]1F. The van der Waals surface area contributed by atoms with Crippen LogP contribution in [0.2, 0.25) is 0 Å². The fraction of sp³-hybridized carbons (Fsp3) is 0.909. The van der Waals surface area contributed by atoms with Crippen LogP contribution in [0.15, 0.2) is 0 Å². The van der Waals surface area contributed by atoms with Crippen LogP contribution in [0.3, 0.4) is 0 Å². The third-order valence-electron chi connectivity index (χ3n) is 5.03. The van der Waals surface area contributed by atoms with Gasteiger partial charge >= 0.3 is 12.2 Å². The molecule has 6 N–H and O–H groups in total. The van der Waals surface area contributed by atoms with Crippen molar-refractivity contribution in [1.82, 2.24) is 10.6 Å². The summed E-state index contributed by atoms with van der Waals surface area (Å²) >= 11 is 0. The van der Waals surface area contributed by atoms with Crippen LogP contribution >= 0.6 is 0 Å². The van der Waals surface area contributed by atoms with E-state index in [0.29, 0.717) is 25.7 Å². The van der Waals surface area contributed by atoms with Gasteiger partial charge in [-0.25, -0.2) is 18.4 Å². The topological polar surface area (TPSA) is 129 Å². The molecule has 188 valence electrons. The quantitative estimate of drug-likeness (QED) is 0.495. The van der Waals surface area contributed by atoms with Crippen molar-refractivity contribution in [2.24, 2.45) is 11.5 Å². The van der Waals surface area contributed by atoms with E-state index in [1.165, 1.54) is 0 Å². The smallest absolute Gasteiger partial charge is 0.407 e. The summed E-state index contributed by atoms with van der Waals surface area (Å²) in [6, 6.07) is -1.11. The molecule has 2 fully saturated rings. The van der Waals surface area contributed by atoms with Crippen molar-refractivity contribution >= 4 is 12.2 Å². The highest BCUT2D eigenvalue weighted by atomic mass is 19.1. The summed E-state index contributed by atoms with van der Waals surface area (Å²) in [6.07, 6.45) is -0.0370. The Hall–Kier alpha value is -1.68. The summed E-state index contributed by atoms with van der Waals surface area (Å²) in [5, 5.41) is 5.11. The van der Waals surface area contributed by atoms with E-state index in [9.17, 15) is 18.4 Å². The molecule has 8 nitrogen and oxygen atoms in total. The van der Waals surface area contributed by atoms with Crippen molar-refractivity contribution in [3.8, 4) is 0 Å². The maximum atomic E-state index is 13.5. The minimum Gasteiger partial charge on any atom is -0.444 e. The molecule has 0 saturated heterocycles. The van der Waals surface area contributed by atoms with Crippen LogP contribution in [-0.2, 0) is 9.47 Å². The molecule has 0 aromatic rings. The molecule has 2 aliphatic carbocycles. The minimum atomic E-state index is -1.07. The molecular formula is C22H42F2N4O4. The van der Waals surface area contributed by atoms with E-state index < -0.39 is 47.8 Å². The van der Waals surface area contributed by atoms with E-state index in [4.69, 9.17) is 20.9 Å². The highest BCUT2D eigenvalue weighted by Gasteiger charge is 2.32. The van der Waals surface area contributed by atoms with Crippen LogP contribution in [0, 0.1) is 0 Å². The van der Waals surface area contributed by atoms with Gasteiger partial charge in [-0.2, -0.15) is 0 Å². The fourth-order valence-corrected chi connectivity index (χ4v) is 3.53. The average Bonchev–Trinajstić information content (AvgIpc) is 2.57. The molecule has 2 rings (SSSR count). The molecule has 0 aromatic heterocycles. The van der Waals surface area contributed by atoms with Crippen molar-refractivity contribution in [3.63, 3.8) is 0 Å². The van der Waals surface area contributed by atoms with E-state index in [1.54, 1.807) is 41.5 Å². The molecule has 0 spiro atoms. The van der Waals surface area contributed by atoms with E-state index in [0.717, 1.165) is 12.8 Å². The summed E-state index contributed by atoms with van der Waals surface area (Å²) in [5.74, 6) is 0. The molecule has 2 amide bonds. The van der Waals surface area contributed by atoms with E-state index in [-0.39, 0.29) is 12.1 Å². The lowest BCUT2D eigenvalue weighted by atomic mass is 9.90. The lowest BCUT2D eigenvalue weighted by Gasteiger charge is -2.31. The largest absolute Gasteiger partial charge is 0.444 e. The molecule has 0 aromatic carbocycles. The first-order chi connectivity index (χ1) is 14.6. The second-order valence-corrected chi connectivity index (χ2v) is 10.7. The van der Waals surface area contributed by atoms with Gasteiger partial charge in [-0.1, -0.05) is 0 Å². The molecule has 0 bridgehead atoms. The van der Waals surface area contributed by atoms with Crippen molar-refractivity contribution in [1.29, 1.82) is 0 Å². The zero-order valence-corrected chi connectivity index (χ0v) is 20.3. The van der Waals surface area contributed by atoms with Gasteiger partial charge in [-0.05, 0) is 80.1 Å². The normalized spacial score (nSPS) is 30.9. The summed E-state index contributed by atoms with van der Waals surface area (Å²) in [4.78, 5) is 22.8. The molecule has 0 aliphatic heterocycles. The van der Waals surface area contributed by atoms with Gasteiger partial charge in [-0.15, -0.1) is 0 Å². The van der Waals surface area contributed by atoms with Crippen LogP contribution < -0.4 is 22.1 Å². The van der Waals surface area contributed by atoms with Gasteiger partial charge in [0.1, 0.15) is 23.5 Å². The number of halogens is 2. The zero-order valence-electron chi connectivity index (χ0n) is 20.3. The van der Waals surface area contributed by atoms with Crippen LogP contribution in [-0.4, -0.2) is 59.9 Å². The van der Waals surface area contributed by atoms with Gasteiger partial charge in [-0.3, -0.25) is 0 Å². The highest BCUT2D eigenvalue weighted by Crippen LogP contribution is 2.22. The van der Waals surface area contributed by atoms with Gasteiger partial charge in [0.25, 0.3) is 0 Å². The van der Waals surface area contributed by atoms with Crippen molar-refractivity contribution in [3.05, 3.63) is 0 Å². The third-order valence-corrected chi connectivity index (χ3v) is 5.03. The van der Waals surface area contributed by atoms with Crippen LogP contribution in [0.4, 0.5) is 18.4 Å². The number of hydrogen-bond donors (Lipinski definition) is 4. The molecule has 2 aliphatic rings. The Morgan fingerprint density at radius 2 is 1.03 bits per heavy atom. The van der Waals surface area contributed by atoms with Crippen molar-refractivity contribution < 1.29 is 27.8 Å². The molecule has 32 heavy (non-hydrogen) atoms. The van der Waals surface area contributed by atoms with Gasteiger partial charge in [0.2, 0.25) is 0 Å². The first kappa shape index (κ1) is 28.4. The first-order valence-corrected chi connectivity index (χ1v) is 11.3. The first-order valence-electron chi connectivity index (χ1n) is 11.3. The Labute approximate surface area is 190 Å². The lowest BCUT2D eigenvalue weighted by molar-refractivity contribution is 0.0436.